The van der Waals surface area contributed by atoms with E-state index in [2.05, 4.69) is 15.5 Å². The molecular weight excluding hydrogens is 572 g/mol. The minimum atomic E-state index is -1.63. The molecule has 3 aromatic carbocycles. The Hall–Kier alpha value is -4.05. The topological polar surface area (TPSA) is 87.5 Å². The Morgan fingerprint density at radius 2 is 1.64 bits per heavy atom. The maximum atomic E-state index is 14.4. The number of hydrogen-bond donors (Lipinski definition) is 3. The number of nitrogens with one attached hydrogen (secondary N) is 2. The number of carbonyl (C=O) groups is 2. The van der Waals surface area contributed by atoms with Gasteiger partial charge in [-0.3, -0.25) is 9.59 Å². The molecule has 222 valence electrons. The highest BCUT2D eigenvalue weighted by Gasteiger charge is 2.46. The Labute approximate surface area is 247 Å². The van der Waals surface area contributed by atoms with Gasteiger partial charge < -0.3 is 21.3 Å². The zero-order chi connectivity index (χ0) is 29.3. The minimum Gasteiger partial charge on any atom is -0.399 e. The highest BCUT2D eigenvalue weighted by molar-refractivity contribution is 6.01. The number of amides is 2. The van der Waals surface area contributed by atoms with Gasteiger partial charge in [0, 0.05) is 37.9 Å². The average molecular weight is 603 g/mol. The van der Waals surface area contributed by atoms with Gasteiger partial charge >= 0.3 is 0 Å². The number of benzene rings is 3. The van der Waals surface area contributed by atoms with Gasteiger partial charge in [0.25, 0.3) is 5.91 Å². The molecule has 1 aliphatic carbocycles. The second-order valence-corrected chi connectivity index (χ2v) is 10.7. The quantitative estimate of drug-likeness (QED) is 0.149. The smallest absolute Gasteiger partial charge is 0.267 e. The molecule has 0 bridgehead atoms. The summed E-state index contributed by atoms with van der Waals surface area (Å²) in [5.41, 5.74) is 8.72. The van der Waals surface area contributed by atoms with Crippen LogP contribution in [0.4, 0.5) is 28.9 Å². The first-order valence-corrected chi connectivity index (χ1v) is 13.4. The summed E-state index contributed by atoms with van der Waals surface area (Å²) >= 11 is 0. The minimum absolute atomic E-state index is 0. The van der Waals surface area contributed by atoms with Gasteiger partial charge in [0.15, 0.2) is 17.5 Å². The van der Waals surface area contributed by atoms with E-state index in [1.54, 1.807) is 12.1 Å². The summed E-state index contributed by atoms with van der Waals surface area (Å²) in [4.78, 5) is 27.9. The first kappa shape index (κ1) is 30.9. The molecule has 42 heavy (non-hydrogen) atoms. The second kappa shape index (κ2) is 12.4. The predicted octanol–water partition coefficient (Wildman–Crippen LogP) is 5.57. The van der Waals surface area contributed by atoms with E-state index < -0.39 is 29.3 Å². The Bertz CT molecular complexity index is 1500. The van der Waals surface area contributed by atoms with Crippen LogP contribution in [0.15, 0.2) is 60.3 Å². The maximum Gasteiger partial charge on any atom is 0.267 e. The summed E-state index contributed by atoms with van der Waals surface area (Å²) in [6.45, 7) is 1.51. The van der Waals surface area contributed by atoms with E-state index in [9.17, 15) is 27.2 Å². The molecule has 11 heteroatoms. The van der Waals surface area contributed by atoms with Crippen molar-refractivity contribution in [1.29, 1.82) is 0 Å². The van der Waals surface area contributed by atoms with Gasteiger partial charge in [-0.2, -0.15) is 0 Å². The number of nitrogens with two attached hydrogens (primary N) is 1. The number of rotatable bonds is 6. The van der Waals surface area contributed by atoms with Crippen molar-refractivity contribution >= 4 is 41.7 Å². The number of carbonyl (C=O) groups excluding carboxylic acids is 2. The highest BCUT2D eigenvalue weighted by atomic mass is 35.5. The Morgan fingerprint density at radius 1 is 1.00 bits per heavy atom. The van der Waals surface area contributed by atoms with Crippen LogP contribution in [0.25, 0.3) is 6.08 Å². The molecule has 0 radical (unpaired) electrons. The standard InChI is InChI=1S/C31H30F4N4O2.ClH/c1-37-30(41)27(14-18-12-25(33)29(35)26(34)13-18)38-28(40)15-19-17-31(24-16-20(32)2-7-23(19)24)8-10-39(11-9-31)22-5-3-21(36)4-6-22;/h2-7,12-14,16,19H,8-11,15,17,36H2,1H3,(H,37,41)(H,38,40);1H. The molecule has 1 aliphatic heterocycles. The zero-order valence-electron chi connectivity index (χ0n) is 22.9. The molecule has 2 aliphatic rings. The molecule has 1 heterocycles. The third-order valence-electron chi connectivity index (χ3n) is 8.14. The molecule has 1 atom stereocenters. The van der Waals surface area contributed by atoms with Crippen LogP contribution in [0, 0.1) is 23.3 Å². The molecule has 1 spiro atoms. The van der Waals surface area contributed by atoms with Crippen molar-refractivity contribution in [1.82, 2.24) is 10.6 Å². The van der Waals surface area contributed by atoms with E-state index >= 15 is 0 Å². The van der Waals surface area contributed by atoms with Crippen LogP contribution >= 0.6 is 12.4 Å². The van der Waals surface area contributed by atoms with Gasteiger partial charge in [0.2, 0.25) is 5.91 Å². The monoisotopic (exact) mass is 602 g/mol. The lowest BCUT2D eigenvalue weighted by Crippen LogP contribution is -2.41. The number of halogens is 5. The first-order chi connectivity index (χ1) is 19.6. The van der Waals surface area contributed by atoms with E-state index in [0.717, 1.165) is 61.0 Å². The molecule has 1 unspecified atom stereocenters. The Kier molecular flexibility index (Phi) is 9.15. The number of hydrogen-bond acceptors (Lipinski definition) is 4. The predicted molar refractivity (Wildman–Crippen MR) is 156 cm³/mol. The molecule has 2 amide bonds. The van der Waals surface area contributed by atoms with Crippen molar-refractivity contribution in [2.75, 3.05) is 30.8 Å². The van der Waals surface area contributed by atoms with Crippen LogP contribution in [0.2, 0.25) is 0 Å². The Morgan fingerprint density at radius 3 is 2.26 bits per heavy atom. The lowest BCUT2D eigenvalue weighted by atomic mass is 9.73. The molecule has 6 nitrogen and oxygen atoms in total. The molecule has 1 fully saturated rings. The van der Waals surface area contributed by atoms with Crippen LogP contribution in [-0.2, 0) is 15.0 Å². The number of nitrogen functional groups attached to an aromatic ring is 1. The van der Waals surface area contributed by atoms with Crippen molar-refractivity contribution in [2.45, 2.75) is 37.0 Å². The summed E-state index contributed by atoms with van der Waals surface area (Å²) in [5, 5.41) is 4.92. The molecular formula is C31H31ClF4N4O2. The van der Waals surface area contributed by atoms with Crippen LogP contribution in [0.5, 0.6) is 0 Å². The molecule has 0 aromatic heterocycles. The average Bonchev–Trinajstić information content (AvgIpc) is 3.23. The van der Waals surface area contributed by atoms with Gasteiger partial charge in [0.1, 0.15) is 11.5 Å². The van der Waals surface area contributed by atoms with Gasteiger partial charge in [-0.25, -0.2) is 17.6 Å². The largest absolute Gasteiger partial charge is 0.399 e. The lowest BCUT2D eigenvalue weighted by molar-refractivity contribution is -0.123. The highest BCUT2D eigenvalue weighted by Crippen LogP contribution is 2.53. The normalized spacial score (nSPS) is 17.4. The van der Waals surface area contributed by atoms with E-state index in [0.29, 0.717) is 12.1 Å². The van der Waals surface area contributed by atoms with E-state index in [1.165, 1.54) is 13.1 Å². The summed E-state index contributed by atoms with van der Waals surface area (Å²) in [6, 6.07) is 13.8. The molecule has 4 N–H and O–H groups in total. The van der Waals surface area contributed by atoms with Gasteiger partial charge in [-0.1, -0.05) is 6.07 Å². The third-order valence-corrected chi connectivity index (χ3v) is 8.14. The number of nitrogens with zero attached hydrogens (tertiary/aromatic N) is 1. The van der Waals surface area contributed by atoms with Gasteiger partial charge in [-0.05, 0) is 102 Å². The van der Waals surface area contributed by atoms with Crippen molar-refractivity contribution in [2.24, 2.45) is 0 Å². The summed E-state index contributed by atoms with van der Waals surface area (Å²) < 4.78 is 55.2. The SMILES string of the molecule is CNC(=O)C(=Cc1cc(F)c(F)c(F)c1)NC(=O)CC1CC2(CCN(c3ccc(N)cc3)CC2)c2cc(F)ccc21.Cl. The second-order valence-electron chi connectivity index (χ2n) is 10.7. The fourth-order valence-corrected chi connectivity index (χ4v) is 6.11. The number of fused-ring (bicyclic) bond motifs is 2. The number of likely N-dealkylation sites (N-methyl/N-ethyl adjacent to an activating group) is 1. The van der Waals surface area contributed by atoms with E-state index in [4.69, 9.17) is 5.73 Å². The third kappa shape index (κ3) is 6.23. The van der Waals surface area contributed by atoms with Gasteiger partial charge in [-0.15, -0.1) is 12.4 Å². The molecule has 5 rings (SSSR count). The fourth-order valence-electron chi connectivity index (χ4n) is 6.11. The summed E-state index contributed by atoms with van der Waals surface area (Å²) in [7, 11) is 1.34. The fraction of sp³-hybridized carbons (Fsp3) is 0.290. The van der Waals surface area contributed by atoms with Crippen molar-refractivity contribution in [3.8, 4) is 0 Å². The first-order valence-electron chi connectivity index (χ1n) is 13.4. The van der Waals surface area contributed by atoms with Crippen LogP contribution in [0.3, 0.4) is 0 Å². The molecule has 0 saturated carbocycles. The van der Waals surface area contributed by atoms with Crippen molar-refractivity contribution in [3.05, 3.63) is 100 Å². The number of anilines is 2. The summed E-state index contributed by atoms with van der Waals surface area (Å²) in [6.07, 6.45) is 3.29. The van der Waals surface area contributed by atoms with Gasteiger partial charge in [0.05, 0.1) is 0 Å². The van der Waals surface area contributed by atoms with Crippen molar-refractivity contribution in [3.63, 3.8) is 0 Å². The van der Waals surface area contributed by atoms with Crippen LogP contribution < -0.4 is 21.3 Å². The molecule has 3 aromatic rings. The molecule has 1 saturated heterocycles. The number of piperidine rings is 1. The summed E-state index contributed by atoms with van der Waals surface area (Å²) in [5.74, 6) is -6.19. The Balaban J connectivity index is 0.00000405. The van der Waals surface area contributed by atoms with E-state index in [1.807, 2.05) is 24.3 Å². The van der Waals surface area contributed by atoms with Crippen LogP contribution in [-0.4, -0.2) is 32.0 Å². The lowest BCUT2D eigenvalue weighted by Gasteiger charge is -2.41. The van der Waals surface area contributed by atoms with E-state index in [-0.39, 0.29) is 47.2 Å². The zero-order valence-corrected chi connectivity index (χ0v) is 23.7. The van der Waals surface area contributed by atoms with Crippen LogP contribution in [0.1, 0.15) is 48.3 Å². The maximum absolute atomic E-state index is 14.4. The van der Waals surface area contributed by atoms with Crippen molar-refractivity contribution < 1.29 is 27.2 Å².